The molecule has 4 aromatic rings. The summed E-state index contributed by atoms with van der Waals surface area (Å²) in [5.41, 5.74) is 14.1. The van der Waals surface area contributed by atoms with E-state index in [1.165, 1.54) is 6.07 Å². The maximum absolute atomic E-state index is 14.5. The third kappa shape index (κ3) is 6.54. The Kier molecular flexibility index (Phi) is 8.96. The number of esters is 1. The first-order chi connectivity index (χ1) is 27.3. The summed E-state index contributed by atoms with van der Waals surface area (Å²) in [6, 6.07) is 4.81. The fraction of sp³-hybridized carbons (Fsp3) is 0.442. The highest BCUT2D eigenvalue weighted by atomic mass is 16.7. The Morgan fingerprint density at radius 2 is 1.86 bits per heavy atom. The van der Waals surface area contributed by atoms with Crippen molar-refractivity contribution in [1.82, 2.24) is 20.2 Å². The molecule has 5 aliphatic heterocycles. The number of H-pyrrole nitrogens is 1. The topological polar surface area (TPSA) is 216 Å². The summed E-state index contributed by atoms with van der Waals surface area (Å²) in [5.74, 6) is 0.533. The molecule has 8 heterocycles. The Morgan fingerprint density at radius 3 is 2.67 bits per heavy atom. The minimum atomic E-state index is -1.19. The van der Waals surface area contributed by atoms with E-state index in [1.807, 2.05) is 38.3 Å². The molecule has 14 heteroatoms. The molecule has 2 fully saturated rings. The van der Waals surface area contributed by atoms with E-state index in [0.29, 0.717) is 73.8 Å². The lowest BCUT2D eigenvalue weighted by Crippen LogP contribution is -2.54. The van der Waals surface area contributed by atoms with Gasteiger partial charge in [-0.15, -0.1) is 0 Å². The first kappa shape index (κ1) is 37.0. The molecule has 0 amide bonds. The van der Waals surface area contributed by atoms with Crippen molar-refractivity contribution in [3.8, 4) is 11.5 Å². The first-order valence-corrected chi connectivity index (χ1v) is 19.8. The summed E-state index contributed by atoms with van der Waals surface area (Å²) < 4.78 is 27.3. The van der Waals surface area contributed by atoms with Crippen molar-refractivity contribution in [2.45, 2.75) is 107 Å². The van der Waals surface area contributed by atoms with Gasteiger partial charge in [0.15, 0.2) is 11.0 Å². The van der Waals surface area contributed by atoms with Crippen LogP contribution in [0.5, 0.6) is 11.5 Å². The van der Waals surface area contributed by atoms with Gasteiger partial charge in [-0.25, -0.2) is 4.79 Å². The van der Waals surface area contributed by atoms with Gasteiger partial charge in [0, 0.05) is 66.7 Å². The number of aromatic hydroxyl groups is 1. The fourth-order valence-electron chi connectivity index (χ4n) is 9.77. The Morgan fingerprint density at radius 1 is 1.04 bits per heavy atom. The van der Waals surface area contributed by atoms with Gasteiger partial charge in [-0.05, 0) is 88.7 Å². The van der Waals surface area contributed by atoms with Crippen LogP contribution in [0.15, 0.2) is 93.1 Å². The highest BCUT2D eigenvalue weighted by Crippen LogP contribution is 2.57. The highest BCUT2D eigenvalue weighted by molar-refractivity contribution is 5.88. The number of epoxide rings is 1. The molecule has 2 saturated heterocycles. The molecule has 0 aliphatic carbocycles. The zero-order valence-electron chi connectivity index (χ0n) is 32.3. The predicted octanol–water partition coefficient (Wildman–Crippen LogP) is 4.45. The summed E-state index contributed by atoms with van der Waals surface area (Å²) in [5, 5.41) is 29.5. The number of carbonyl (C=O) groups excluding carboxylic acids is 1. The Hall–Kier alpha value is -5.60. The number of rotatable bonds is 9. The maximum atomic E-state index is 14.5. The number of hydrogen-bond donors (Lipinski definition) is 7. The van der Waals surface area contributed by atoms with Gasteiger partial charge in [0.05, 0.1) is 35.3 Å². The number of allylic oxidation sites excluding steroid dienone is 2. The van der Waals surface area contributed by atoms with Crippen LogP contribution in [-0.4, -0.2) is 67.8 Å². The Balaban J connectivity index is 0.944. The molecule has 9 N–H and O–H groups in total. The van der Waals surface area contributed by atoms with E-state index in [4.69, 9.17) is 30.1 Å². The number of phenols is 1. The number of carbonyl (C=O) groups is 1. The molecule has 57 heavy (non-hydrogen) atoms. The van der Waals surface area contributed by atoms with Crippen LogP contribution in [0.3, 0.4) is 0 Å². The first-order valence-electron chi connectivity index (χ1n) is 19.8. The van der Waals surface area contributed by atoms with Crippen molar-refractivity contribution in [3.63, 3.8) is 0 Å². The lowest BCUT2D eigenvalue weighted by molar-refractivity contribution is -0.176. The Bertz CT molecular complexity index is 2420. The van der Waals surface area contributed by atoms with Gasteiger partial charge in [0.1, 0.15) is 39.9 Å². The number of aromatic amines is 1. The largest absolute Gasteiger partial charge is 0.507 e. The minimum Gasteiger partial charge on any atom is -0.507 e. The summed E-state index contributed by atoms with van der Waals surface area (Å²) in [6.45, 7) is 6.06. The molecule has 7 atom stereocenters. The monoisotopic (exact) mass is 778 g/mol. The van der Waals surface area contributed by atoms with Crippen LogP contribution in [0.25, 0.3) is 21.9 Å². The van der Waals surface area contributed by atoms with Crippen molar-refractivity contribution in [2.24, 2.45) is 17.4 Å². The van der Waals surface area contributed by atoms with E-state index in [0.717, 1.165) is 22.0 Å². The number of nitrogens with one attached hydrogen (secondary N) is 3. The lowest BCUT2D eigenvalue weighted by atomic mass is 9.72. The number of phenolic OH excluding ortho intramolecular Hbond substituents is 1. The molecule has 0 bridgehead atoms. The molecule has 300 valence electrons. The normalized spacial score (nSPS) is 29.0. The highest BCUT2D eigenvalue weighted by Gasteiger charge is 2.69. The number of aromatic nitrogens is 2. The third-order valence-electron chi connectivity index (χ3n) is 12.4. The van der Waals surface area contributed by atoms with Gasteiger partial charge < -0.3 is 60.5 Å². The molecular formula is C43H50N6O8. The third-order valence-corrected chi connectivity index (χ3v) is 12.4. The van der Waals surface area contributed by atoms with Crippen molar-refractivity contribution < 1.29 is 33.6 Å². The summed E-state index contributed by atoms with van der Waals surface area (Å²) in [4.78, 5) is 30.8. The van der Waals surface area contributed by atoms with Gasteiger partial charge in [-0.1, -0.05) is 12.2 Å². The number of aliphatic hydroxyl groups is 1. The quantitative estimate of drug-likeness (QED) is 0.0927. The van der Waals surface area contributed by atoms with Crippen LogP contribution in [0.1, 0.15) is 69.6 Å². The molecule has 5 aliphatic rings. The van der Waals surface area contributed by atoms with Crippen LogP contribution in [0.2, 0.25) is 0 Å². The van der Waals surface area contributed by atoms with Crippen LogP contribution < -0.4 is 32.3 Å². The standard InChI is InChI=1S/C43H50N6O8/c1-22-13-31(51)38-32(54-22)18-33-37(39(38)52)28-8-7-26(5-4-12-50)43(41(53)55-40(28)42(2,3)56-33)34(57-43)9-6-23-14-29(48-35(44)15-23)25-16-27(47-36(45)17-25)20-49-19-24-10-11-46-30(24)21-49/h10-11,13-19,21,26-29,34,40,46-48,50,52H,4-9,12,20,44-45H2,1-3H3. The van der Waals surface area contributed by atoms with Crippen LogP contribution >= 0.6 is 0 Å². The SMILES string of the molecule is Cc1cc(=O)c2c(O)c3c(cc2o1)OC(C)(C)C1OC(=O)C2(OC2CCC2=CC(C4=CC(Cn5cc6cc[nH]c6c5)NC(N)=C4)NC(N)=C2)C(CCCO)CCC31. The molecule has 3 aromatic heterocycles. The number of nitrogens with zero attached hydrogens (tertiary/aromatic N) is 1. The zero-order valence-corrected chi connectivity index (χ0v) is 32.3. The predicted molar refractivity (Wildman–Crippen MR) is 213 cm³/mol. The van der Waals surface area contributed by atoms with E-state index < -0.39 is 35.3 Å². The number of fused-ring (bicyclic) bond motifs is 5. The van der Waals surface area contributed by atoms with Gasteiger partial charge in [0.2, 0.25) is 0 Å². The van der Waals surface area contributed by atoms with Gasteiger partial charge in [0.25, 0.3) is 0 Å². The second-order valence-corrected chi connectivity index (χ2v) is 16.7. The summed E-state index contributed by atoms with van der Waals surface area (Å²) in [6.07, 6.45) is 16.4. The second kappa shape index (κ2) is 13.8. The minimum absolute atomic E-state index is 0.0252. The number of hydrogen-bond acceptors (Lipinski definition) is 12. The molecule has 1 aromatic carbocycles. The van der Waals surface area contributed by atoms with E-state index in [1.54, 1.807) is 13.0 Å². The van der Waals surface area contributed by atoms with Crippen LogP contribution in [0.4, 0.5) is 0 Å². The van der Waals surface area contributed by atoms with Gasteiger partial charge in [-0.2, -0.15) is 0 Å². The van der Waals surface area contributed by atoms with E-state index >= 15 is 0 Å². The molecule has 1 spiro atoms. The average Bonchev–Trinajstić information content (AvgIpc) is 3.51. The zero-order chi connectivity index (χ0) is 39.8. The number of benzene rings is 1. The molecular weight excluding hydrogens is 729 g/mol. The van der Waals surface area contributed by atoms with E-state index in [9.17, 15) is 19.8 Å². The molecule has 0 saturated carbocycles. The van der Waals surface area contributed by atoms with Gasteiger partial charge >= 0.3 is 5.97 Å². The maximum Gasteiger partial charge on any atom is 0.341 e. The van der Waals surface area contributed by atoms with Crippen molar-refractivity contribution in [1.29, 1.82) is 0 Å². The number of aliphatic hydroxyl groups excluding tert-OH is 1. The molecule has 7 unspecified atom stereocenters. The van der Waals surface area contributed by atoms with E-state index in [2.05, 4.69) is 44.7 Å². The second-order valence-electron chi connectivity index (χ2n) is 16.7. The number of aryl methyl sites for hydroxylation is 1. The molecule has 9 rings (SSSR count). The number of nitrogens with two attached hydrogens (primary N) is 2. The molecule has 14 nitrogen and oxygen atoms in total. The summed E-state index contributed by atoms with van der Waals surface area (Å²) >= 11 is 0. The lowest BCUT2D eigenvalue weighted by Gasteiger charge is -2.46. The number of ether oxygens (including phenoxy) is 3. The Labute approximate surface area is 329 Å². The fourth-order valence-corrected chi connectivity index (χ4v) is 9.77. The average molecular weight is 779 g/mol. The van der Waals surface area contributed by atoms with Crippen LogP contribution in [-0.2, 0) is 20.8 Å². The van der Waals surface area contributed by atoms with E-state index in [-0.39, 0.29) is 46.8 Å². The van der Waals surface area contributed by atoms with Crippen molar-refractivity contribution >= 4 is 27.8 Å². The van der Waals surface area contributed by atoms with Crippen molar-refractivity contribution in [3.05, 3.63) is 105 Å². The van der Waals surface area contributed by atoms with Crippen molar-refractivity contribution in [2.75, 3.05) is 6.61 Å². The smallest absolute Gasteiger partial charge is 0.341 e. The molecule has 0 radical (unpaired) electrons. The van der Waals surface area contributed by atoms with Gasteiger partial charge in [-0.3, -0.25) is 4.79 Å². The summed E-state index contributed by atoms with van der Waals surface area (Å²) in [7, 11) is 0. The number of dihydropyridines is 2. The van der Waals surface area contributed by atoms with Crippen LogP contribution in [0, 0.1) is 12.8 Å².